The third kappa shape index (κ3) is 4.46. The zero-order chi connectivity index (χ0) is 28.4. The van der Waals surface area contributed by atoms with E-state index < -0.39 is 95.8 Å². The second-order valence-corrected chi connectivity index (χ2v) is 9.87. The van der Waals surface area contributed by atoms with Gasteiger partial charge in [-0.1, -0.05) is 23.7 Å². The van der Waals surface area contributed by atoms with E-state index in [1.807, 2.05) is 0 Å². The minimum atomic E-state index is -3.17. The first-order valence-corrected chi connectivity index (χ1v) is 12.0. The molecular weight excluding hydrogens is 552 g/mol. The van der Waals surface area contributed by atoms with E-state index in [0.29, 0.717) is 0 Å². The predicted molar refractivity (Wildman–Crippen MR) is 123 cm³/mol. The standard InChI is InChI=1S/C22H24N2O9.Ca.H2O3Si/c1-21(32)7-5-4-6-8(25)9(7)15(26)10-12(21)17(28)13-14(24(2)3)16(27)11(20(23)31)19(30)22(13,33)18(10)29;;1-4(2)3/h4-6,12-14,17,25-26,28,30,32-33H,1-3H3,(H2,23,31);;1-2H/q;+2;/p-2/t12-,13-,14+,17+,21-,22+;;/m1../s1. The van der Waals surface area contributed by atoms with E-state index in [1.165, 1.54) is 38.1 Å². The summed E-state index contributed by atoms with van der Waals surface area (Å²) in [6.45, 7) is 1.21. The summed E-state index contributed by atoms with van der Waals surface area (Å²) in [5, 5.41) is 70.8. The number of likely N-dealkylation sites (N-methyl/N-ethyl adjacent to an activating group) is 1. The van der Waals surface area contributed by atoms with Gasteiger partial charge in [0.1, 0.15) is 11.4 Å². The predicted octanol–water partition coefficient (Wildman–Crippen LogP) is -5.79. The third-order valence-electron chi connectivity index (χ3n) is 6.99. The topological polar surface area (TPSA) is 265 Å². The summed E-state index contributed by atoms with van der Waals surface area (Å²) >= 11 is 0. The second kappa shape index (κ2) is 10.7. The fourth-order valence-electron chi connectivity index (χ4n) is 5.56. The van der Waals surface area contributed by atoms with Crippen LogP contribution in [-0.2, 0) is 24.4 Å². The fraction of sp³-hybridized carbons (Fsp3) is 0.409. The molecule has 3 aliphatic rings. The molecule has 4 rings (SSSR count). The van der Waals surface area contributed by atoms with Gasteiger partial charge in [0.05, 0.1) is 23.3 Å². The number of primary amides is 1. The van der Waals surface area contributed by atoms with Crippen molar-refractivity contribution in [2.24, 2.45) is 17.6 Å². The molecule has 1 fully saturated rings. The smallest absolute Gasteiger partial charge is 0.873 e. The monoisotopic (exact) mass is 576 g/mol. The molecule has 14 nitrogen and oxygen atoms in total. The number of nitrogens with zero attached hydrogens (tertiary/aromatic N) is 1. The normalized spacial score (nSPS) is 31.9. The van der Waals surface area contributed by atoms with Crippen molar-refractivity contribution in [1.82, 2.24) is 4.90 Å². The van der Waals surface area contributed by atoms with Gasteiger partial charge in [0.15, 0.2) is 11.6 Å². The van der Waals surface area contributed by atoms with Crippen molar-refractivity contribution in [3.05, 3.63) is 46.2 Å². The van der Waals surface area contributed by atoms with E-state index in [0.717, 1.165) is 6.07 Å². The molecule has 38 heavy (non-hydrogen) atoms. The van der Waals surface area contributed by atoms with E-state index in [9.17, 15) is 45.0 Å². The Labute approximate surface area is 246 Å². The van der Waals surface area contributed by atoms with Crippen molar-refractivity contribution in [3.8, 4) is 5.75 Å². The Morgan fingerprint density at radius 2 is 1.68 bits per heavy atom. The Morgan fingerprint density at radius 3 is 2.16 bits per heavy atom. The number of carbonyl (C=O) groups excluding carboxylic acids is 3. The van der Waals surface area contributed by atoms with Gasteiger partial charge in [-0.15, -0.1) is 0 Å². The number of aliphatic hydroxyl groups is 3. The van der Waals surface area contributed by atoms with Crippen LogP contribution in [-0.4, -0.2) is 131 Å². The largest absolute Gasteiger partial charge is 2.00 e. The summed E-state index contributed by atoms with van der Waals surface area (Å²) in [6, 6.07) is 2.30. The van der Waals surface area contributed by atoms with Gasteiger partial charge in [0.25, 0.3) is 5.91 Å². The van der Waals surface area contributed by atoms with Gasteiger partial charge in [-0.2, -0.15) is 0 Å². The minimum Gasteiger partial charge on any atom is -0.873 e. The molecule has 3 aliphatic carbocycles. The van der Waals surface area contributed by atoms with Crippen LogP contribution in [0.1, 0.15) is 18.1 Å². The van der Waals surface area contributed by atoms with Gasteiger partial charge < -0.3 is 46.0 Å². The van der Waals surface area contributed by atoms with E-state index in [1.54, 1.807) is 0 Å². The van der Waals surface area contributed by atoms with Crippen LogP contribution >= 0.6 is 0 Å². The first-order chi connectivity index (χ1) is 16.9. The zero-order valence-corrected chi connectivity index (χ0v) is 23.6. The molecule has 6 atom stereocenters. The number of rotatable bonds is 2. The summed E-state index contributed by atoms with van der Waals surface area (Å²) in [6.07, 6.45) is -1.95. The van der Waals surface area contributed by atoms with Gasteiger partial charge >= 0.3 is 46.9 Å². The zero-order valence-electron chi connectivity index (χ0n) is 20.4. The summed E-state index contributed by atoms with van der Waals surface area (Å²) in [4.78, 5) is 54.0. The van der Waals surface area contributed by atoms with Gasteiger partial charge in [-0.3, -0.25) is 23.7 Å². The van der Waals surface area contributed by atoms with Gasteiger partial charge in [-0.25, -0.2) is 0 Å². The molecular formula is C22H24CaN2O12Si. The van der Waals surface area contributed by atoms with E-state index in [-0.39, 0.29) is 43.3 Å². The van der Waals surface area contributed by atoms with Crippen LogP contribution in [0.4, 0.5) is 0 Å². The van der Waals surface area contributed by atoms with E-state index in [2.05, 4.69) is 0 Å². The molecule has 200 valence electrons. The number of phenolic OH excluding ortho intramolecular Hbond substituents is 1. The van der Waals surface area contributed by atoms with Crippen LogP contribution in [0.2, 0.25) is 0 Å². The molecule has 0 saturated heterocycles. The molecule has 1 aromatic carbocycles. The molecule has 1 saturated carbocycles. The number of aliphatic hydroxyl groups excluding tert-OH is 1. The number of benzene rings is 1. The molecule has 1 amide bonds. The van der Waals surface area contributed by atoms with Crippen molar-refractivity contribution in [3.63, 3.8) is 0 Å². The summed E-state index contributed by atoms with van der Waals surface area (Å²) in [5.41, 5.74) is -2.53. The Kier molecular flexibility index (Phi) is 8.93. The van der Waals surface area contributed by atoms with Crippen molar-refractivity contribution < 1.29 is 59.1 Å². The Bertz CT molecular complexity index is 1290. The summed E-state index contributed by atoms with van der Waals surface area (Å²) < 4.78 is 8.74. The maximum atomic E-state index is 13.6. The number of aromatic hydroxyl groups is 1. The van der Waals surface area contributed by atoms with E-state index in [4.69, 9.17) is 19.8 Å². The summed E-state index contributed by atoms with van der Waals surface area (Å²) in [7, 11) is -0.397. The van der Waals surface area contributed by atoms with Crippen LogP contribution in [0.3, 0.4) is 0 Å². The number of carbonyl (C=O) groups is 3. The third-order valence-corrected chi connectivity index (χ3v) is 6.99. The van der Waals surface area contributed by atoms with Crippen molar-refractivity contribution in [2.75, 3.05) is 14.1 Å². The Hall–Kier alpha value is -2.37. The molecule has 16 heteroatoms. The Morgan fingerprint density at radius 1 is 1.16 bits per heavy atom. The number of nitrogens with two attached hydrogens (primary N) is 1. The van der Waals surface area contributed by atoms with Gasteiger partial charge in [0.2, 0.25) is 0 Å². The van der Waals surface area contributed by atoms with Crippen LogP contribution in [0.5, 0.6) is 5.75 Å². The summed E-state index contributed by atoms with van der Waals surface area (Å²) in [5.74, 6) is -10.8. The molecule has 0 bridgehead atoms. The molecule has 0 spiro atoms. The fourth-order valence-corrected chi connectivity index (χ4v) is 5.56. The first-order valence-electron chi connectivity index (χ1n) is 10.7. The maximum Gasteiger partial charge on any atom is 2.00 e. The van der Waals surface area contributed by atoms with Crippen molar-refractivity contribution in [2.45, 2.75) is 30.3 Å². The average Bonchev–Trinajstić information content (AvgIpc) is 2.75. The van der Waals surface area contributed by atoms with E-state index >= 15 is 0 Å². The number of fused-ring (bicyclic) bond motifs is 3. The number of phenols is 1. The van der Waals surface area contributed by atoms with Crippen LogP contribution in [0, 0.1) is 11.8 Å². The molecule has 0 aliphatic heterocycles. The number of ketones is 2. The first kappa shape index (κ1) is 31.8. The van der Waals surface area contributed by atoms with Crippen LogP contribution in [0.15, 0.2) is 35.1 Å². The number of Topliss-reactive ketones (excluding diaryl/α,β-unsaturated/α-hetero) is 2. The quantitative estimate of drug-likeness (QED) is 0.128. The minimum absolute atomic E-state index is 0. The second-order valence-electron chi connectivity index (χ2n) is 9.30. The van der Waals surface area contributed by atoms with Crippen LogP contribution in [0.25, 0.3) is 5.76 Å². The van der Waals surface area contributed by atoms with Gasteiger partial charge in [0, 0.05) is 23.0 Å². The SMILES string of the molecule is CN(C)[C@@H]1C(=O)C(C(N)=O)=C([O-])[C@@]2(O)C(=O)C3=C([O-])c4c(O)cccc4[C@@](C)(O)[C@H]3[C@H](O)[C@@H]12.O=[Si](O)O.[Ca+2]. The molecule has 0 unspecified atom stereocenters. The molecule has 0 aromatic heterocycles. The number of hydrogen-bond donors (Lipinski definition) is 7. The molecule has 8 N–H and O–H groups in total. The van der Waals surface area contributed by atoms with Crippen molar-refractivity contribution >= 4 is 70.1 Å². The Balaban J connectivity index is 0.000000947. The van der Waals surface area contributed by atoms with Crippen molar-refractivity contribution in [1.29, 1.82) is 0 Å². The van der Waals surface area contributed by atoms with Crippen LogP contribution < -0.4 is 15.9 Å². The molecule has 0 heterocycles. The number of hydrogen-bond acceptors (Lipinski definition) is 11. The molecule has 0 radical (unpaired) electrons. The van der Waals surface area contributed by atoms with Gasteiger partial charge in [-0.05, 0) is 32.6 Å². The number of amides is 1. The average molecular weight is 577 g/mol. The maximum absolute atomic E-state index is 13.6. The molecule has 1 aromatic rings.